The van der Waals surface area contributed by atoms with Gasteiger partial charge in [-0.3, -0.25) is 4.40 Å². The van der Waals surface area contributed by atoms with Crippen molar-refractivity contribution in [3.8, 4) is 17.1 Å². The molecule has 0 atom stereocenters. The van der Waals surface area contributed by atoms with Gasteiger partial charge in [-0.25, -0.2) is 0 Å². The van der Waals surface area contributed by atoms with Crippen molar-refractivity contribution in [1.29, 1.82) is 0 Å². The standard InChI is InChI=1S/C18H17N5O2/c1-3-24-15-7-4-13(5-8-15)10-17-19-18(22-25-17)14-6-9-16-21-20-12(2)23(16)11-14/h4-9,11H,3,10H2,1-2H3. The summed E-state index contributed by atoms with van der Waals surface area (Å²) in [4.78, 5) is 4.49. The Morgan fingerprint density at radius 2 is 1.92 bits per heavy atom. The van der Waals surface area contributed by atoms with Gasteiger partial charge in [-0.1, -0.05) is 17.3 Å². The molecular formula is C18H17N5O2. The van der Waals surface area contributed by atoms with E-state index in [0.29, 0.717) is 24.7 Å². The molecule has 0 radical (unpaired) electrons. The summed E-state index contributed by atoms with van der Waals surface area (Å²) in [7, 11) is 0. The molecule has 7 nitrogen and oxygen atoms in total. The molecule has 0 saturated heterocycles. The number of benzene rings is 1. The molecule has 0 spiro atoms. The van der Waals surface area contributed by atoms with E-state index in [1.54, 1.807) is 0 Å². The summed E-state index contributed by atoms with van der Waals surface area (Å²) in [6, 6.07) is 11.7. The molecule has 4 aromatic rings. The molecule has 4 rings (SSSR count). The van der Waals surface area contributed by atoms with Crippen molar-refractivity contribution in [2.75, 3.05) is 6.61 Å². The molecule has 0 unspecified atom stereocenters. The Hall–Kier alpha value is -3.22. The number of hydrogen-bond donors (Lipinski definition) is 0. The number of pyridine rings is 1. The van der Waals surface area contributed by atoms with Crippen molar-refractivity contribution in [3.05, 3.63) is 59.9 Å². The summed E-state index contributed by atoms with van der Waals surface area (Å²) in [5.41, 5.74) is 2.74. The van der Waals surface area contributed by atoms with Crippen LogP contribution in [0.25, 0.3) is 17.0 Å². The Labute approximate surface area is 144 Å². The van der Waals surface area contributed by atoms with Crippen LogP contribution in [0, 0.1) is 6.92 Å². The average molecular weight is 335 g/mol. The van der Waals surface area contributed by atoms with Gasteiger partial charge in [0.2, 0.25) is 11.7 Å². The summed E-state index contributed by atoms with van der Waals surface area (Å²) in [6.45, 7) is 4.52. The van der Waals surface area contributed by atoms with Gasteiger partial charge in [0.25, 0.3) is 0 Å². The van der Waals surface area contributed by atoms with Crippen molar-refractivity contribution in [3.63, 3.8) is 0 Å². The number of nitrogens with zero attached hydrogens (tertiary/aromatic N) is 5. The van der Waals surface area contributed by atoms with Gasteiger partial charge in [0.15, 0.2) is 5.65 Å². The molecule has 7 heteroatoms. The fourth-order valence-electron chi connectivity index (χ4n) is 2.63. The molecule has 0 amide bonds. The summed E-state index contributed by atoms with van der Waals surface area (Å²) >= 11 is 0. The predicted molar refractivity (Wildman–Crippen MR) is 91.4 cm³/mol. The van der Waals surface area contributed by atoms with Crippen LogP contribution < -0.4 is 4.74 Å². The van der Waals surface area contributed by atoms with E-state index < -0.39 is 0 Å². The smallest absolute Gasteiger partial charge is 0.231 e. The first-order valence-corrected chi connectivity index (χ1v) is 8.09. The van der Waals surface area contributed by atoms with Crippen molar-refractivity contribution in [1.82, 2.24) is 24.7 Å². The normalized spacial score (nSPS) is 11.1. The quantitative estimate of drug-likeness (QED) is 0.558. The number of aryl methyl sites for hydroxylation is 1. The number of hydrogen-bond acceptors (Lipinski definition) is 6. The molecule has 3 aromatic heterocycles. The van der Waals surface area contributed by atoms with Crippen LogP contribution in [-0.4, -0.2) is 31.3 Å². The number of ether oxygens (including phenoxy) is 1. The molecular weight excluding hydrogens is 318 g/mol. The highest BCUT2D eigenvalue weighted by Gasteiger charge is 2.11. The van der Waals surface area contributed by atoms with Crippen molar-refractivity contribution >= 4 is 5.65 Å². The molecule has 0 N–H and O–H groups in total. The maximum absolute atomic E-state index is 5.45. The van der Waals surface area contributed by atoms with Gasteiger partial charge in [-0.05, 0) is 43.7 Å². The summed E-state index contributed by atoms with van der Waals surface area (Å²) in [6.07, 6.45) is 2.49. The maximum Gasteiger partial charge on any atom is 0.231 e. The second-order valence-electron chi connectivity index (χ2n) is 5.66. The second-order valence-corrected chi connectivity index (χ2v) is 5.66. The number of rotatable bonds is 5. The molecule has 0 aliphatic carbocycles. The summed E-state index contributed by atoms with van der Waals surface area (Å²) in [5, 5.41) is 12.2. The lowest BCUT2D eigenvalue weighted by molar-refractivity contribution is 0.340. The first kappa shape index (κ1) is 15.3. The van der Waals surface area contributed by atoms with Crippen molar-refractivity contribution in [2.24, 2.45) is 0 Å². The molecule has 0 bridgehead atoms. The molecule has 0 aliphatic rings. The second kappa shape index (κ2) is 6.35. The first-order valence-electron chi connectivity index (χ1n) is 8.09. The van der Waals surface area contributed by atoms with Crippen LogP contribution in [0.5, 0.6) is 5.75 Å². The van der Waals surface area contributed by atoms with E-state index in [4.69, 9.17) is 9.26 Å². The van der Waals surface area contributed by atoms with Gasteiger partial charge >= 0.3 is 0 Å². The lowest BCUT2D eigenvalue weighted by atomic mass is 10.1. The van der Waals surface area contributed by atoms with Crippen LogP contribution in [0.3, 0.4) is 0 Å². The molecule has 0 fully saturated rings. The topological polar surface area (TPSA) is 78.3 Å². The minimum atomic E-state index is 0.552. The Morgan fingerprint density at radius 1 is 1.08 bits per heavy atom. The zero-order valence-corrected chi connectivity index (χ0v) is 14.0. The van der Waals surface area contributed by atoms with Crippen molar-refractivity contribution < 1.29 is 9.26 Å². The van der Waals surface area contributed by atoms with E-state index in [-0.39, 0.29) is 0 Å². The predicted octanol–water partition coefficient (Wildman–Crippen LogP) is 3.08. The van der Waals surface area contributed by atoms with E-state index in [1.165, 1.54) is 0 Å². The maximum atomic E-state index is 5.45. The van der Waals surface area contributed by atoms with Gasteiger partial charge in [-0.2, -0.15) is 4.98 Å². The number of aromatic nitrogens is 5. The van der Waals surface area contributed by atoms with Crippen molar-refractivity contribution in [2.45, 2.75) is 20.3 Å². The molecule has 0 aliphatic heterocycles. The largest absolute Gasteiger partial charge is 0.494 e. The van der Waals surface area contributed by atoms with Crippen LogP contribution in [0.2, 0.25) is 0 Å². The highest BCUT2D eigenvalue weighted by atomic mass is 16.5. The first-order chi connectivity index (χ1) is 12.2. The molecule has 0 saturated carbocycles. The van der Waals surface area contributed by atoms with E-state index in [2.05, 4.69) is 20.3 Å². The Bertz CT molecular complexity index is 1000. The Morgan fingerprint density at radius 3 is 2.72 bits per heavy atom. The monoisotopic (exact) mass is 335 g/mol. The van der Waals surface area contributed by atoms with Crippen LogP contribution in [-0.2, 0) is 6.42 Å². The Kier molecular flexibility index (Phi) is 3.89. The van der Waals surface area contributed by atoms with Crippen LogP contribution in [0.1, 0.15) is 24.2 Å². The lowest BCUT2D eigenvalue weighted by Gasteiger charge is -2.03. The number of fused-ring (bicyclic) bond motifs is 1. The van der Waals surface area contributed by atoms with Crippen LogP contribution >= 0.6 is 0 Å². The minimum absolute atomic E-state index is 0.552. The van der Waals surface area contributed by atoms with Gasteiger partial charge in [0.05, 0.1) is 13.0 Å². The van der Waals surface area contributed by atoms with Crippen LogP contribution in [0.15, 0.2) is 47.1 Å². The zero-order chi connectivity index (χ0) is 17.2. The van der Waals surface area contributed by atoms with E-state index in [0.717, 1.165) is 28.3 Å². The fourth-order valence-corrected chi connectivity index (χ4v) is 2.63. The third-order valence-electron chi connectivity index (χ3n) is 3.89. The van der Waals surface area contributed by atoms with E-state index in [9.17, 15) is 0 Å². The SMILES string of the molecule is CCOc1ccc(Cc2nc(-c3ccc4nnc(C)n4c3)no2)cc1. The van der Waals surface area contributed by atoms with E-state index >= 15 is 0 Å². The molecule has 126 valence electrons. The Balaban J connectivity index is 1.55. The minimum Gasteiger partial charge on any atom is -0.494 e. The van der Waals surface area contributed by atoms with Gasteiger partial charge in [0, 0.05) is 11.8 Å². The average Bonchev–Trinajstić information content (AvgIpc) is 3.24. The van der Waals surface area contributed by atoms with Gasteiger partial charge in [-0.15, -0.1) is 10.2 Å². The van der Waals surface area contributed by atoms with Gasteiger partial charge < -0.3 is 9.26 Å². The molecule has 1 aromatic carbocycles. The fraction of sp³-hybridized carbons (Fsp3) is 0.222. The highest BCUT2D eigenvalue weighted by Crippen LogP contribution is 2.19. The summed E-state index contributed by atoms with van der Waals surface area (Å²) in [5.74, 6) is 2.79. The summed E-state index contributed by atoms with van der Waals surface area (Å²) < 4.78 is 12.7. The third-order valence-corrected chi connectivity index (χ3v) is 3.89. The molecule has 25 heavy (non-hydrogen) atoms. The lowest BCUT2D eigenvalue weighted by Crippen LogP contribution is -1.93. The highest BCUT2D eigenvalue weighted by molar-refractivity contribution is 5.57. The third kappa shape index (κ3) is 3.08. The zero-order valence-electron chi connectivity index (χ0n) is 14.0. The van der Waals surface area contributed by atoms with Crippen LogP contribution in [0.4, 0.5) is 0 Å². The van der Waals surface area contributed by atoms with E-state index in [1.807, 2.05) is 60.8 Å². The van der Waals surface area contributed by atoms with Gasteiger partial charge in [0.1, 0.15) is 11.6 Å². The molecule has 3 heterocycles.